The summed E-state index contributed by atoms with van der Waals surface area (Å²) in [6, 6.07) is 6.59. The van der Waals surface area contributed by atoms with Gasteiger partial charge in [-0.1, -0.05) is 12.8 Å². The Hall–Kier alpha value is -1.88. The Morgan fingerprint density at radius 1 is 1.20 bits per heavy atom. The highest BCUT2D eigenvalue weighted by molar-refractivity contribution is 5.97. The molecule has 1 saturated carbocycles. The Morgan fingerprint density at radius 3 is 2.35 bits per heavy atom. The minimum absolute atomic E-state index is 0.0537. The van der Waals surface area contributed by atoms with Crippen molar-refractivity contribution >= 4 is 17.5 Å². The zero-order valence-corrected chi connectivity index (χ0v) is 11.7. The van der Waals surface area contributed by atoms with Crippen LogP contribution in [0.3, 0.4) is 0 Å². The van der Waals surface area contributed by atoms with Crippen LogP contribution in [-0.4, -0.2) is 23.9 Å². The predicted molar refractivity (Wildman–Crippen MR) is 78.4 cm³/mol. The first-order valence-electron chi connectivity index (χ1n) is 7.03. The molecular formula is C15H21N3O2. The molecule has 1 atom stereocenters. The molecule has 4 N–H and O–H groups in total. The summed E-state index contributed by atoms with van der Waals surface area (Å²) < 4.78 is 0. The molecule has 1 aliphatic carbocycles. The van der Waals surface area contributed by atoms with Crippen molar-refractivity contribution in [2.24, 2.45) is 5.73 Å². The van der Waals surface area contributed by atoms with Gasteiger partial charge in [0.1, 0.15) is 0 Å². The number of carbonyl (C=O) groups excluding carboxylic acids is 2. The SMILES string of the molecule is C[C@H](N)C(=O)Nc1ccc(C(=O)NC2CCCC2)cc1. The number of nitrogens with one attached hydrogen (secondary N) is 2. The van der Waals surface area contributed by atoms with Gasteiger partial charge in [0.05, 0.1) is 6.04 Å². The van der Waals surface area contributed by atoms with Crippen LogP contribution in [0.4, 0.5) is 5.69 Å². The van der Waals surface area contributed by atoms with Gasteiger partial charge in [0.15, 0.2) is 0 Å². The number of hydrogen-bond acceptors (Lipinski definition) is 3. The topological polar surface area (TPSA) is 84.2 Å². The van der Waals surface area contributed by atoms with Gasteiger partial charge in [-0.25, -0.2) is 0 Å². The Morgan fingerprint density at radius 2 is 1.80 bits per heavy atom. The molecule has 0 heterocycles. The van der Waals surface area contributed by atoms with Gasteiger partial charge in [0, 0.05) is 17.3 Å². The molecule has 1 fully saturated rings. The van der Waals surface area contributed by atoms with Crippen molar-refractivity contribution in [3.8, 4) is 0 Å². The summed E-state index contributed by atoms with van der Waals surface area (Å²) in [5.41, 5.74) is 6.73. The van der Waals surface area contributed by atoms with Crippen LogP contribution in [0.25, 0.3) is 0 Å². The quantitative estimate of drug-likeness (QED) is 0.781. The molecule has 1 aromatic rings. The second-order valence-corrected chi connectivity index (χ2v) is 5.31. The number of nitrogens with two attached hydrogens (primary N) is 1. The molecule has 2 amide bonds. The van der Waals surface area contributed by atoms with E-state index in [-0.39, 0.29) is 11.8 Å². The maximum atomic E-state index is 12.0. The van der Waals surface area contributed by atoms with E-state index >= 15 is 0 Å². The lowest BCUT2D eigenvalue weighted by Crippen LogP contribution is -2.33. The molecule has 2 rings (SSSR count). The maximum absolute atomic E-state index is 12.0. The summed E-state index contributed by atoms with van der Waals surface area (Å²) in [5.74, 6) is -0.296. The van der Waals surface area contributed by atoms with Crippen molar-refractivity contribution in [3.63, 3.8) is 0 Å². The first kappa shape index (κ1) is 14.5. The van der Waals surface area contributed by atoms with E-state index < -0.39 is 6.04 Å². The minimum Gasteiger partial charge on any atom is -0.349 e. The monoisotopic (exact) mass is 275 g/mol. The third-order valence-corrected chi connectivity index (χ3v) is 3.52. The fourth-order valence-corrected chi connectivity index (χ4v) is 2.30. The van der Waals surface area contributed by atoms with Crippen molar-refractivity contribution in [2.45, 2.75) is 44.7 Å². The van der Waals surface area contributed by atoms with Gasteiger partial charge in [0.2, 0.25) is 5.91 Å². The molecule has 5 nitrogen and oxygen atoms in total. The first-order valence-corrected chi connectivity index (χ1v) is 7.03. The smallest absolute Gasteiger partial charge is 0.251 e. The van der Waals surface area contributed by atoms with E-state index in [0.717, 1.165) is 12.8 Å². The molecule has 1 aliphatic rings. The third-order valence-electron chi connectivity index (χ3n) is 3.52. The van der Waals surface area contributed by atoms with Gasteiger partial charge in [-0.3, -0.25) is 9.59 Å². The molecule has 0 unspecified atom stereocenters. The van der Waals surface area contributed by atoms with E-state index in [4.69, 9.17) is 5.73 Å². The predicted octanol–water partition coefficient (Wildman–Crippen LogP) is 1.64. The minimum atomic E-state index is -0.555. The van der Waals surface area contributed by atoms with Crippen molar-refractivity contribution in [1.82, 2.24) is 5.32 Å². The van der Waals surface area contributed by atoms with Crippen molar-refractivity contribution in [3.05, 3.63) is 29.8 Å². The molecule has 20 heavy (non-hydrogen) atoms. The zero-order chi connectivity index (χ0) is 14.5. The number of amides is 2. The molecule has 1 aromatic carbocycles. The zero-order valence-electron chi connectivity index (χ0n) is 11.7. The summed E-state index contributed by atoms with van der Waals surface area (Å²) in [7, 11) is 0. The number of benzene rings is 1. The standard InChI is InChI=1S/C15H21N3O2/c1-10(16)14(19)17-13-8-6-11(7-9-13)15(20)18-12-4-2-3-5-12/h6-10,12H,2-5,16H2,1H3,(H,17,19)(H,18,20)/t10-/m0/s1. The highest BCUT2D eigenvalue weighted by atomic mass is 16.2. The van der Waals surface area contributed by atoms with E-state index in [1.165, 1.54) is 12.8 Å². The van der Waals surface area contributed by atoms with Gasteiger partial charge in [-0.15, -0.1) is 0 Å². The lowest BCUT2D eigenvalue weighted by atomic mass is 10.1. The van der Waals surface area contributed by atoms with Crippen LogP contribution >= 0.6 is 0 Å². The molecule has 0 bridgehead atoms. The summed E-state index contributed by atoms with van der Waals surface area (Å²) in [6.45, 7) is 1.62. The van der Waals surface area contributed by atoms with Crippen molar-refractivity contribution in [2.75, 3.05) is 5.32 Å². The van der Waals surface area contributed by atoms with Crippen LogP contribution in [0.2, 0.25) is 0 Å². The maximum Gasteiger partial charge on any atom is 0.251 e. The molecule has 0 saturated heterocycles. The average Bonchev–Trinajstić information content (AvgIpc) is 2.92. The summed E-state index contributed by atoms with van der Waals surface area (Å²) in [5, 5.41) is 5.71. The highest BCUT2D eigenvalue weighted by Gasteiger charge is 2.17. The van der Waals surface area contributed by atoms with Gasteiger partial charge < -0.3 is 16.4 Å². The highest BCUT2D eigenvalue weighted by Crippen LogP contribution is 2.18. The molecule has 0 spiro atoms. The lowest BCUT2D eigenvalue weighted by molar-refractivity contribution is -0.117. The Labute approximate surface area is 118 Å². The van der Waals surface area contributed by atoms with Crippen LogP contribution in [0, 0.1) is 0 Å². The normalized spacial score (nSPS) is 16.7. The Bertz CT molecular complexity index is 476. The van der Waals surface area contributed by atoms with Crippen molar-refractivity contribution in [1.29, 1.82) is 0 Å². The van der Waals surface area contributed by atoms with Gasteiger partial charge in [0.25, 0.3) is 5.91 Å². The largest absolute Gasteiger partial charge is 0.349 e. The third kappa shape index (κ3) is 3.81. The lowest BCUT2D eigenvalue weighted by Gasteiger charge is -2.12. The van der Waals surface area contributed by atoms with Gasteiger partial charge >= 0.3 is 0 Å². The van der Waals surface area contributed by atoms with E-state index in [1.54, 1.807) is 31.2 Å². The van der Waals surface area contributed by atoms with Gasteiger partial charge in [-0.2, -0.15) is 0 Å². The molecule has 0 radical (unpaired) electrons. The number of carbonyl (C=O) groups is 2. The molecular weight excluding hydrogens is 254 g/mol. The molecule has 108 valence electrons. The Balaban J connectivity index is 1.93. The fourth-order valence-electron chi connectivity index (χ4n) is 2.30. The average molecular weight is 275 g/mol. The Kier molecular flexibility index (Phi) is 4.74. The molecule has 0 aromatic heterocycles. The second-order valence-electron chi connectivity index (χ2n) is 5.31. The number of hydrogen-bond donors (Lipinski definition) is 3. The van der Waals surface area contributed by atoms with E-state index in [1.807, 2.05) is 0 Å². The number of anilines is 1. The van der Waals surface area contributed by atoms with Gasteiger partial charge in [-0.05, 0) is 44.0 Å². The first-order chi connectivity index (χ1) is 9.56. The van der Waals surface area contributed by atoms with E-state index in [9.17, 15) is 9.59 Å². The summed E-state index contributed by atoms with van der Waals surface area (Å²) >= 11 is 0. The second kappa shape index (κ2) is 6.52. The van der Waals surface area contributed by atoms with Crippen LogP contribution < -0.4 is 16.4 Å². The van der Waals surface area contributed by atoms with Crippen LogP contribution in [0.5, 0.6) is 0 Å². The summed E-state index contributed by atoms with van der Waals surface area (Å²) in [6.07, 6.45) is 4.50. The van der Waals surface area contributed by atoms with E-state index in [2.05, 4.69) is 10.6 Å². The molecule has 0 aliphatic heterocycles. The fraction of sp³-hybridized carbons (Fsp3) is 0.467. The van der Waals surface area contributed by atoms with Crippen LogP contribution in [-0.2, 0) is 4.79 Å². The van der Waals surface area contributed by atoms with Crippen LogP contribution in [0.1, 0.15) is 43.0 Å². The summed E-state index contributed by atoms with van der Waals surface area (Å²) in [4.78, 5) is 23.5. The van der Waals surface area contributed by atoms with Crippen molar-refractivity contribution < 1.29 is 9.59 Å². The molecule has 5 heteroatoms. The number of rotatable bonds is 4. The van der Waals surface area contributed by atoms with Crippen LogP contribution in [0.15, 0.2) is 24.3 Å². The van der Waals surface area contributed by atoms with E-state index in [0.29, 0.717) is 17.3 Å².